The number of nitrogens with zero attached hydrogens (tertiary/aromatic N) is 2. The molecule has 3 saturated carbocycles. The number of hydrogen-bond acceptors (Lipinski definition) is 3. The van der Waals surface area contributed by atoms with Gasteiger partial charge in [-0.05, 0) is 104 Å². The number of nitriles is 1. The number of likely N-dealkylation sites (tertiary alicyclic amines) is 1. The van der Waals surface area contributed by atoms with E-state index in [0.29, 0.717) is 17.3 Å². The van der Waals surface area contributed by atoms with Crippen LogP contribution in [0.4, 0.5) is 0 Å². The van der Waals surface area contributed by atoms with Gasteiger partial charge in [0.25, 0.3) is 0 Å². The third-order valence-corrected chi connectivity index (χ3v) is 10.2. The van der Waals surface area contributed by atoms with Crippen molar-refractivity contribution in [3.05, 3.63) is 47.7 Å². The number of hydrogen-bond donors (Lipinski definition) is 1. The van der Waals surface area contributed by atoms with Gasteiger partial charge in [-0.15, -0.1) is 0 Å². The summed E-state index contributed by atoms with van der Waals surface area (Å²) in [6.07, 6.45) is 11.1. The normalized spacial score (nSPS) is 24.7. The van der Waals surface area contributed by atoms with Gasteiger partial charge in [0.15, 0.2) is 0 Å². The van der Waals surface area contributed by atoms with Crippen LogP contribution in [0.1, 0.15) is 118 Å². The molecule has 3 aliphatic carbocycles. The van der Waals surface area contributed by atoms with E-state index in [9.17, 15) is 0 Å². The maximum absolute atomic E-state index is 8.69. The minimum absolute atomic E-state index is 0.542. The van der Waals surface area contributed by atoms with Gasteiger partial charge in [0, 0.05) is 31.8 Å². The zero-order chi connectivity index (χ0) is 30.6. The minimum atomic E-state index is 0.542. The van der Waals surface area contributed by atoms with E-state index >= 15 is 0 Å². The fourth-order valence-electron chi connectivity index (χ4n) is 6.70. The molecule has 1 saturated heterocycles. The summed E-state index contributed by atoms with van der Waals surface area (Å²) in [7, 11) is 0. The number of benzene rings is 1. The smallest absolute Gasteiger partial charge is 0.0635 e. The fourth-order valence-corrected chi connectivity index (χ4v) is 6.70. The topological polar surface area (TPSA) is 39.1 Å². The summed E-state index contributed by atoms with van der Waals surface area (Å²) in [6.45, 7) is 29.2. The van der Waals surface area contributed by atoms with Crippen LogP contribution in [0.3, 0.4) is 0 Å². The lowest BCUT2D eigenvalue weighted by Crippen LogP contribution is -2.54. The van der Waals surface area contributed by atoms with Crippen molar-refractivity contribution >= 4 is 0 Å². The molecule has 3 heteroatoms. The molecular formula is C38H65N3. The lowest BCUT2D eigenvalue weighted by molar-refractivity contribution is -0.103. The Morgan fingerprint density at radius 2 is 1.80 bits per heavy atom. The molecule has 41 heavy (non-hydrogen) atoms. The molecule has 1 aliphatic heterocycles. The summed E-state index contributed by atoms with van der Waals surface area (Å²) in [5.41, 5.74) is 5.16. The number of nitrogens with one attached hydrogen (secondary N) is 1. The second-order valence-corrected chi connectivity index (χ2v) is 15.6. The van der Waals surface area contributed by atoms with Gasteiger partial charge in [-0.2, -0.15) is 5.26 Å². The Bertz CT molecular complexity index is 928. The van der Waals surface area contributed by atoms with Crippen LogP contribution in [0.15, 0.2) is 36.5 Å². The predicted octanol–water partition coefficient (Wildman–Crippen LogP) is 9.81. The molecule has 1 heterocycles. The minimum Gasteiger partial charge on any atom is -0.389 e. The van der Waals surface area contributed by atoms with Crippen LogP contribution in [-0.2, 0) is 6.42 Å². The van der Waals surface area contributed by atoms with Gasteiger partial charge in [0.2, 0.25) is 0 Å². The van der Waals surface area contributed by atoms with Crippen LogP contribution in [0, 0.1) is 58.7 Å². The molecule has 1 aromatic carbocycles. The van der Waals surface area contributed by atoms with E-state index in [1.807, 2.05) is 0 Å². The Kier molecular flexibility index (Phi) is 14.5. The van der Waals surface area contributed by atoms with Crippen LogP contribution in [0.5, 0.6) is 0 Å². The molecule has 4 atom stereocenters. The Morgan fingerprint density at radius 3 is 2.34 bits per heavy atom. The van der Waals surface area contributed by atoms with E-state index in [4.69, 9.17) is 5.26 Å². The highest BCUT2D eigenvalue weighted by molar-refractivity contribution is 5.21. The predicted molar refractivity (Wildman–Crippen MR) is 179 cm³/mol. The average Bonchev–Trinajstić information content (AvgIpc) is 3.38. The lowest BCUT2D eigenvalue weighted by Gasteiger charge is -2.60. The molecule has 4 aliphatic rings. The van der Waals surface area contributed by atoms with Crippen LogP contribution in [-0.4, -0.2) is 31.1 Å². The first-order valence-corrected chi connectivity index (χ1v) is 16.8. The van der Waals surface area contributed by atoms with Gasteiger partial charge >= 0.3 is 0 Å². The highest BCUT2D eigenvalue weighted by Crippen LogP contribution is 2.61. The first-order valence-electron chi connectivity index (χ1n) is 16.8. The number of rotatable bonds is 10. The molecule has 0 aromatic heterocycles. The molecule has 0 spiro atoms. The number of aryl methyl sites for hydroxylation is 1. The van der Waals surface area contributed by atoms with E-state index in [1.54, 1.807) is 0 Å². The molecular weight excluding hydrogens is 498 g/mol. The van der Waals surface area contributed by atoms with E-state index in [1.165, 1.54) is 74.9 Å². The Hall–Kier alpha value is -1.79. The maximum atomic E-state index is 8.69. The van der Waals surface area contributed by atoms with Crippen molar-refractivity contribution in [2.24, 2.45) is 40.4 Å². The molecule has 2 bridgehead atoms. The van der Waals surface area contributed by atoms with Crippen molar-refractivity contribution in [2.45, 2.75) is 120 Å². The molecule has 3 nitrogen and oxygen atoms in total. The van der Waals surface area contributed by atoms with E-state index in [-0.39, 0.29) is 0 Å². The standard InChI is InChI=1S/C21H35N3.C11H16.C6H14/c1-16(5-6-17-9-12-24(15-17)11-4-10-22)23-14-18-7-8-19-13-20(18)21(19,2)3;1-9(2)8-11-6-4-10(3)5-7-11;1-5-6(2,3)4/h17-20,23H,1,4-9,11-15H2,2-3H3;4-7,9H,8H2,1-3H3;5H2,1-4H3. The highest BCUT2D eigenvalue weighted by atomic mass is 15.1. The van der Waals surface area contributed by atoms with Crippen molar-refractivity contribution in [1.82, 2.24) is 10.2 Å². The van der Waals surface area contributed by atoms with Crippen molar-refractivity contribution in [3.8, 4) is 6.07 Å². The third kappa shape index (κ3) is 12.5. The van der Waals surface area contributed by atoms with Crippen LogP contribution < -0.4 is 5.32 Å². The molecule has 1 N–H and O–H groups in total. The zero-order valence-electron chi connectivity index (χ0n) is 28.5. The first kappa shape index (κ1) is 35.4. The van der Waals surface area contributed by atoms with Crippen molar-refractivity contribution in [3.63, 3.8) is 0 Å². The molecule has 232 valence electrons. The van der Waals surface area contributed by atoms with E-state index < -0.39 is 0 Å². The lowest BCUT2D eigenvalue weighted by atomic mass is 9.45. The Labute approximate surface area is 255 Å². The zero-order valence-corrected chi connectivity index (χ0v) is 28.5. The molecule has 1 aromatic rings. The van der Waals surface area contributed by atoms with Gasteiger partial charge in [0.1, 0.15) is 0 Å². The largest absolute Gasteiger partial charge is 0.389 e. The van der Waals surface area contributed by atoms with Crippen LogP contribution in [0.2, 0.25) is 0 Å². The van der Waals surface area contributed by atoms with Gasteiger partial charge in [-0.1, -0.05) is 98.2 Å². The highest BCUT2D eigenvalue weighted by Gasteiger charge is 2.53. The van der Waals surface area contributed by atoms with Gasteiger partial charge in [-0.25, -0.2) is 0 Å². The summed E-state index contributed by atoms with van der Waals surface area (Å²) in [5, 5.41) is 12.4. The quantitative estimate of drug-likeness (QED) is 0.308. The van der Waals surface area contributed by atoms with E-state index in [2.05, 4.69) is 109 Å². The number of allylic oxidation sites excluding steroid dienone is 1. The van der Waals surface area contributed by atoms with Gasteiger partial charge < -0.3 is 10.2 Å². The summed E-state index contributed by atoms with van der Waals surface area (Å²) < 4.78 is 0. The second kappa shape index (κ2) is 16.7. The average molecular weight is 564 g/mol. The summed E-state index contributed by atoms with van der Waals surface area (Å²) in [4.78, 5) is 2.45. The van der Waals surface area contributed by atoms with Crippen molar-refractivity contribution < 1.29 is 0 Å². The van der Waals surface area contributed by atoms with Crippen molar-refractivity contribution in [1.29, 1.82) is 5.26 Å². The second-order valence-electron chi connectivity index (χ2n) is 15.6. The fraction of sp³-hybridized carbons (Fsp3) is 0.763. The molecule has 5 rings (SSSR count). The summed E-state index contributed by atoms with van der Waals surface area (Å²) in [5.74, 6) is 4.34. The van der Waals surface area contributed by atoms with Crippen molar-refractivity contribution in [2.75, 3.05) is 26.2 Å². The van der Waals surface area contributed by atoms with Crippen LogP contribution in [0.25, 0.3) is 0 Å². The number of fused-ring (bicyclic) bond motifs is 2. The maximum Gasteiger partial charge on any atom is 0.0635 e. The van der Waals surface area contributed by atoms with Gasteiger partial charge in [-0.3, -0.25) is 0 Å². The molecule has 4 unspecified atom stereocenters. The Morgan fingerprint density at radius 1 is 1.15 bits per heavy atom. The van der Waals surface area contributed by atoms with Crippen LogP contribution >= 0.6 is 0 Å². The monoisotopic (exact) mass is 564 g/mol. The SMILES string of the molecule is C=C(CCC1CCN(CCC#N)C1)NCC1CCC2CC1C2(C)C.CCC(C)(C)C.Cc1ccc(CC(C)C)cc1. The molecule has 4 fully saturated rings. The Balaban J connectivity index is 0.000000285. The summed E-state index contributed by atoms with van der Waals surface area (Å²) >= 11 is 0. The third-order valence-electron chi connectivity index (χ3n) is 10.2. The van der Waals surface area contributed by atoms with Gasteiger partial charge in [0.05, 0.1) is 6.07 Å². The summed E-state index contributed by atoms with van der Waals surface area (Å²) in [6, 6.07) is 11.0. The molecule has 0 amide bonds. The molecule has 0 radical (unpaired) electrons. The first-order chi connectivity index (χ1) is 19.2. The van der Waals surface area contributed by atoms with E-state index in [0.717, 1.165) is 49.1 Å².